The minimum absolute atomic E-state index is 0.193. The molecule has 0 radical (unpaired) electrons. The highest BCUT2D eigenvalue weighted by molar-refractivity contribution is 6.08. The van der Waals surface area contributed by atoms with Gasteiger partial charge in [0, 0.05) is 42.0 Å². The smallest absolute Gasteiger partial charge is 0.140 e. The van der Waals surface area contributed by atoms with Gasteiger partial charge in [-0.2, -0.15) is 5.10 Å². The number of carbonyl (C=O) groups is 1. The molecule has 33 heavy (non-hydrogen) atoms. The molecule has 0 saturated carbocycles. The molecule has 1 aromatic carbocycles. The van der Waals surface area contributed by atoms with E-state index in [0.717, 1.165) is 38.5 Å². The molecule has 0 atom stereocenters. The van der Waals surface area contributed by atoms with E-state index in [2.05, 4.69) is 21.0 Å². The fraction of sp³-hybridized carbons (Fsp3) is 0.269. The van der Waals surface area contributed by atoms with Crippen LogP contribution >= 0.6 is 0 Å². The van der Waals surface area contributed by atoms with Crippen LogP contribution in [0.2, 0.25) is 0 Å². The molecule has 0 spiro atoms. The topological polar surface area (TPSA) is 99.0 Å². The Bertz CT molecular complexity index is 1420. The Morgan fingerprint density at radius 3 is 2.85 bits per heavy atom. The Morgan fingerprint density at radius 2 is 2.09 bits per heavy atom. The van der Waals surface area contributed by atoms with Crippen molar-refractivity contribution in [2.24, 2.45) is 10.4 Å². The average Bonchev–Trinajstić information content (AvgIpc) is 3.48. The summed E-state index contributed by atoms with van der Waals surface area (Å²) in [4.78, 5) is 26.0. The molecule has 166 valence electrons. The van der Waals surface area contributed by atoms with Gasteiger partial charge >= 0.3 is 0 Å². The molecule has 2 N–H and O–H groups in total. The maximum absolute atomic E-state index is 13.0. The lowest BCUT2D eigenvalue weighted by Crippen LogP contribution is -2.30. The Hall–Kier alpha value is -3.87. The van der Waals surface area contributed by atoms with Crippen molar-refractivity contribution < 1.29 is 4.79 Å². The van der Waals surface area contributed by atoms with Gasteiger partial charge in [0.15, 0.2) is 0 Å². The molecule has 4 aromatic rings. The predicted octanol–water partition coefficient (Wildman–Crippen LogP) is 4.26. The zero-order valence-corrected chi connectivity index (χ0v) is 18.8. The zero-order chi connectivity index (χ0) is 23.0. The number of hydrogen-bond acceptors (Lipinski definition) is 6. The molecule has 5 rings (SSSR count). The van der Waals surface area contributed by atoms with Gasteiger partial charge in [-0.3, -0.25) is 19.5 Å². The van der Waals surface area contributed by atoms with Crippen LogP contribution < -0.4 is 5.73 Å². The first kappa shape index (κ1) is 21.0. The Kier molecular flexibility index (Phi) is 5.24. The molecule has 4 heterocycles. The second kappa shape index (κ2) is 8.24. The average molecular weight is 439 g/mol. The van der Waals surface area contributed by atoms with Gasteiger partial charge in [0.2, 0.25) is 0 Å². The lowest BCUT2D eigenvalue weighted by atomic mass is 9.85. The van der Waals surface area contributed by atoms with E-state index in [-0.39, 0.29) is 5.78 Å². The van der Waals surface area contributed by atoms with Crippen LogP contribution in [0.3, 0.4) is 0 Å². The summed E-state index contributed by atoms with van der Waals surface area (Å²) in [6, 6.07) is 10.0. The van der Waals surface area contributed by atoms with Crippen LogP contribution in [0.15, 0.2) is 60.0 Å². The van der Waals surface area contributed by atoms with E-state index in [1.54, 1.807) is 6.20 Å². The van der Waals surface area contributed by atoms with Crippen molar-refractivity contribution >= 4 is 45.2 Å². The van der Waals surface area contributed by atoms with Crippen molar-refractivity contribution in [3.8, 4) is 0 Å². The monoisotopic (exact) mass is 438 g/mol. The molecule has 0 unspecified atom stereocenters. The largest absolute Gasteiger partial charge is 0.383 e. The highest BCUT2D eigenvalue weighted by Gasteiger charge is 2.28. The van der Waals surface area contributed by atoms with Crippen LogP contribution in [0.1, 0.15) is 31.4 Å². The van der Waals surface area contributed by atoms with Crippen molar-refractivity contribution in [2.45, 2.75) is 33.2 Å². The summed E-state index contributed by atoms with van der Waals surface area (Å²) < 4.78 is 1.82. The van der Waals surface area contributed by atoms with Gasteiger partial charge in [-0.15, -0.1) is 0 Å². The number of nitrogens with two attached hydrogens (primary N) is 1. The first-order valence-electron chi connectivity index (χ1n) is 11.1. The van der Waals surface area contributed by atoms with Crippen LogP contribution in [0.5, 0.6) is 0 Å². The summed E-state index contributed by atoms with van der Waals surface area (Å²) in [6.07, 6.45) is 10.4. The third kappa shape index (κ3) is 4.14. The maximum Gasteiger partial charge on any atom is 0.140 e. The molecule has 0 bridgehead atoms. The number of fused-ring (bicyclic) bond motifs is 3. The van der Waals surface area contributed by atoms with Gasteiger partial charge in [-0.25, -0.2) is 4.98 Å². The molecule has 0 aliphatic carbocycles. The van der Waals surface area contributed by atoms with Crippen molar-refractivity contribution in [3.63, 3.8) is 0 Å². The third-order valence-corrected chi connectivity index (χ3v) is 6.22. The van der Waals surface area contributed by atoms with Crippen molar-refractivity contribution in [2.75, 3.05) is 12.3 Å². The zero-order valence-electron chi connectivity index (χ0n) is 18.8. The number of allylic oxidation sites excluding steroid dienone is 1. The number of nitrogen functional groups attached to an aromatic ring is 1. The first-order valence-corrected chi connectivity index (χ1v) is 11.1. The highest BCUT2D eigenvalue weighted by atomic mass is 16.1. The minimum Gasteiger partial charge on any atom is -0.383 e. The van der Waals surface area contributed by atoms with E-state index >= 15 is 0 Å². The number of rotatable bonds is 7. The molecule has 1 aliphatic rings. The molecule has 1 aliphatic heterocycles. The number of nitrogens with zero attached hydrogens (tertiary/aromatic N) is 5. The van der Waals surface area contributed by atoms with Crippen molar-refractivity contribution in [1.29, 1.82) is 0 Å². The van der Waals surface area contributed by atoms with E-state index in [1.165, 1.54) is 0 Å². The number of aliphatic imine (C=N–C) groups is 1. The number of Topliss-reactive ketones (excluding diaryl/α,β-unsaturated/α-hetero) is 1. The first-order chi connectivity index (χ1) is 15.9. The minimum atomic E-state index is -0.565. The summed E-state index contributed by atoms with van der Waals surface area (Å²) in [5.74, 6) is 0.636. The van der Waals surface area contributed by atoms with Crippen molar-refractivity contribution in [3.05, 3.63) is 66.1 Å². The number of carbonyl (C=O) groups excluding carboxylic acids is 1. The van der Waals surface area contributed by atoms with Gasteiger partial charge in [0.05, 0.1) is 24.0 Å². The third-order valence-electron chi connectivity index (χ3n) is 6.22. The standard InChI is InChI=1S/C26H26N6O/c1-26(2,23(33)8-5-17-4-3-10-28-13-17)16-32-15-21-24(31-32)20-7-6-18(19-9-11-29-14-19)12-22(20)30-25(21)27/h3-4,6-7,9-13,15H,5,8,14,16H2,1-2H3,(H2,27,30). The quantitative estimate of drug-likeness (QED) is 0.465. The fourth-order valence-electron chi connectivity index (χ4n) is 4.27. The second-order valence-corrected chi connectivity index (χ2v) is 9.17. The van der Waals surface area contributed by atoms with Crippen LogP contribution in [0.25, 0.3) is 27.4 Å². The summed E-state index contributed by atoms with van der Waals surface area (Å²) in [5.41, 5.74) is 10.7. The lowest BCUT2D eigenvalue weighted by Gasteiger charge is -2.23. The Morgan fingerprint density at radius 1 is 1.21 bits per heavy atom. The highest BCUT2D eigenvalue weighted by Crippen LogP contribution is 2.31. The van der Waals surface area contributed by atoms with Gasteiger partial charge in [0.1, 0.15) is 17.1 Å². The summed E-state index contributed by atoms with van der Waals surface area (Å²) in [5, 5.41) is 6.56. The van der Waals surface area contributed by atoms with Gasteiger partial charge < -0.3 is 5.73 Å². The summed E-state index contributed by atoms with van der Waals surface area (Å²) >= 11 is 0. The van der Waals surface area contributed by atoms with E-state index in [1.807, 2.05) is 67.5 Å². The van der Waals surface area contributed by atoms with Crippen LogP contribution in [0.4, 0.5) is 5.82 Å². The number of aromatic nitrogens is 4. The second-order valence-electron chi connectivity index (χ2n) is 9.17. The SMILES string of the molecule is CC(C)(Cn1cc2c(N)nc3cc(C4=CC=NC4)ccc3c2n1)C(=O)CCc1cccnc1. The van der Waals surface area contributed by atoms with Gasteiger partial charge in [0.25, 0.3) is 0 Å². The van der Waals surface area contributed by atoms with Crippen molar-refractivity contribution in [1.82, 2.24) is 19.7 Å². The number of ketones is 1. The summed E-state index contributed by atoms with van der Waals surface area (Å²) in [7, 11) is 0. The van der Waals surface area contributed by atoms with Crippen LogP contribution in [-0.4, -0.2) is 38.3 Å². The van der Waals surface area contributed by atoms with Gasteiger partial charge in [-0.1, -0.05) is 26.0 Å². The van der Waals surface area contributed by atoms with Crippen LogP contribution in [0, 0.1) is 5.41 Å². The number of hydrogen-bond donors (Lipinski definition) is 1. The number of aryl methyl sites for hydroxylation is 1. The van der Waals surface area contributed by atoms with E-state index in [4.69, 9.17) is 10.8 Å². The number of benzene rings is 1. The summed E-state index contributed by atoms with van der Waals surface area (Å²) in [6.45, 7) is 5.08. The van der Waals surface area contributed by atoms with Crippen LogP contribution in [-0.2, 0) is 17.8 Å². The predicted molar refractivity (Wildman–Crippen MR) is 132 cm³/mol. The van der Waals surface area contributed by atoms with Gasteiger partial charge in [-0.05, 0) is 47.4 Å². The lowest BCUT2D eigenvalue weighted by molar-refractivity contribution is -0.127. The molecule has 0 fully saturated rings. The molecule has 0 amide bonds. The van der Waals surface area contributed by atoms with E-state index in [0.29, 0.717) is 31.7 Å². The Labute approximate surface area is 192 Å². The molecular weight excluding hydrogens is 412 g/mol. The number of pyridine rings is 2. The normalized spacial score (nSPS) is 13.7. The molecule has 7 nitrogen and oxygen atoms in total. The Balaban J connectivity index is 1.40. The molecule has 7 heteroatoms. The van der Waals surface area contributed by atoms with E-state index in [9.17, 15) is 4.79 Å². The number of anilines is 1. The fourth-order valence-corrected chi connectivity index (χ4v) is 4.27. The molecule has 3 aromatic heterocycles. The maximum atomic E-state index is 13.0. The molecular formula is C26H26N6O. The molecule has 0 saturated heterocycles. The van der Waals surface area contributed by atoms with E-state index < -0.39 is 5.41 Å².